The number of anilines is 1. The lowest BCUT2D eigenvalue weighted by Gasteiger charge is -2.07. The van der Waals surface area contributed by atoms with E-state index in [1.54, 1.807) is 0 Å². The summed E-state index contributed by atoms with van der Waals surface area (Å²) in [7, 11) is -8.95. The minimum Gasteiger partial charge on any atom is -0.398 e. The van der Waals surface area contributed by atoms with Crippen LogP contribution in [-0.2, 0) is 14.7 Å². The molecular formula is C6H8NO6PS. The van der Waals surface area contributed by atoms with Crippen molar-refractivity contribution in [2.75, 3.05) is 5.73 Å². The molecular weight excluding hydrogens is 245 g/mol. The SMILES string of the molecule is Nc1cc(P(=O)(O)O)ccc1S(=O)(=O)O. The van der Waals surface area contributed by atoms with Gasteiger partial charge in [0.2, 0.25) is 0 Å². The highest BCUT2D eigenvalue weighted by Crippen LogP contribution is 2.34. The molecule has 0 radical (unpaired) electrons. The second-order valence-electron chi connectivity index (χ2n) is 2.74. The monoisotopic (exact) mass is 253 g/mol. The summed E-state index contributed by atoms with van der Waals surface area (Å²) in [5, 5.41) is -0.410. The molecule has 1 aromatic rings. The fourth-order valence-electron chi connectivity index (χ4n) is 0.952. The quantitative estimate of drug-likeness (QED) is 0.311. The zero-order chi connectivity index (χ0) is 11.9. The first-order chi connectivity index (χ1) is 6.62. The summed E-state index contributed by atoms with van der Waals surface area (Å²) in [5.74, 6) is 0. The second-order valence-corrected chi connectivity index (χ2v) is 5.74. The van der Waals surface area contributed by atoms with Crippen molar-refractivity contribution in [1.29, 1.82) is 0 Å². The van der Waals surface area contributed by atoms with Crippen LogP contribution in [0, 0.1) is 0 Å². The average molecular weight is 253 g/mol. The van der Waals surface area contributed by atoms with Gasteiger partial charge >= 0.3 is 7.60 Å². The molecule has 0 aliphatic rings. The minimum absolute atomic E-state index is 0.410. The Kier molecular flexibility index (Phi) is 2.90. The van der Waals surface area contributed by atoms with E-state index in [0.717, 1.165) is 18.2 Å². The number of benzene rings is 1. The zero-order valence-electron chi connectivity index (χ0n) is 7.23. The number of hydrogen-bond acceptors (Lipinski definition) is 4. The van der Waals surface area contributed by atoms with Gasteiger partial charge in [0.25, 0.3) is 10.1 Å². The van der Waals surface area contributed by atoms with Gasteiger partial charge in [-0.05, 0) is 18.2 Å². The Hall–Kier alpha value is -0.920. The summed E-state index contributed by atoms with van der Waals surface area (Å²) in [4.78, 5) is 16.9. The third-order valence-electron chi connectivity index (χ3n) is 1.61. The van der Waals surface area contributed by atoms with Crippen molar-refractivity contribution < 1.29 is 27.3 Å². The molecule has 0 atom stereocenters. The maximum atomic E-state index is 10.8. The van der Waals surface area contributed by atoms with E-state index >= 15 is 0 Å². The van der Waals surface area contributed by atoms with Gasteiger partial charge in [-0.3, -0.25) is 9.12 Å². The van der Waals surface area contributed by atoms with E-state index in [-0.39, 0.29) is 0 Å². The van der Waals surface area contributed by atoms with Crippen LogP contribution in [0.5, 0.6) is 0 Å². The Morgan fingerprint density at radius 1 is 1.27 bits per heavy atom. The highest BCUT2D eigenvalue weighted by molar-refractivity contribution is 7.86. The molecule has 15 heavy (non-hydrogen) atoms. The number of nitrogens with two attached hydrogens (primary N) is 1. The van der Waals surface area contributed by atoms with Crippen molar-refractivity contribution in [2.45, 2.75) is 4.90 Å². The van der Waals surface area contributed by atoms with Crippen LogP contribution >= 0.6 is 7.60 Å². The Morgan fingerprint density at radius 3 is 2.13 bits per heavy atom. The van der Waals surface area contributed by atoms with Crippen molar-refractivity contribution in [3.8, 4) is 0 Å². The molecule has 7 nitrogen and oxygen atoms in total. The van der Waals surface area contributed by atoms with Crippen LogP contribution in [0.25, 0.3) is 0 Å². The zero-order valence-corrected chi connectivity index (χ0v) is 8.94. The van der Waals surface area contributed by atoms with Gasteiger partial charge in [0, 0.05) is 0 Å². The predicted octanol–water partition coefficient (Wildman–Crippen LogP) is -0.681. The largest absolute Gasteiger partial charge is 0.398 e. The molecule has 84 valence electrons. The van der Waals surface area contributed by atoms with Crippen molar-refractivity contribution >= 4 is 28.7 Å². The van der Waals surface area contributed by atoms with Gasteiger partial charge in [-0.25, -0.2) is 0 Å². The fraction of sp³-hybridized carbons (Fsp3) is 0. The topological polar surface area (TPSA) is 138 Å². The molecule has 0 aliphatic carbocycles. The molecule has 5 N–H and O–H groups in total. The number of nitrogen functional groups attached to an aromatic ring is 1. The van der Waals surface area contributed by atoms with Crippen LogP contribution in [0.3, 0.4) is 0 Å². The summed E-state index contributed by atoms with van der Waals surface area (Å²) in [5.41, 5.74) is 4.80. The Balaban J connectivity index is 3.40. The van der Waals surface area contributed by atoms with E-state index in [4.69, 9.17) is 20.1 Å². The maximum Gasteiger partial charge on any atom is 0.356 e. The van der Waals surface area contributed by atoms with Crippen LogP contribution in [0.4, 0.5) is 5.69 Å². The lowest BCUT2D eigenvalue weighted by Crippen LogP contribution is -2.09. The van der Waals surface area contributed by atoms with Gasteiger partial charge in [0.1, 0.15) is 4.90 Å². The Labute approximate surface area is 85.5 Å². The van der Waals surface area contributed by atoms with E-state index in [1.165, 1.54) is 0 Å². The summed E-state index contributed by atoms with van der Waals surface area (Å²) in [6, 6.07) is 2.53. The van der Waals surface area contributed by atoms with Crippen LogP contribution in [0.2, 0.25) is 0 Å². The smallest absolute Gasteiger partial charge is 0.356 e. The summed E-state index contributed by atoms with van der Waals surface area (Å²) < 4.78 is 40.8. The second kappa shape index (κ2) is 3.58. The number of hydrogen-bond donors (Lipinski definition) is 4. The lowest BCUT2D eigenvalue weighted by molar-refractivity contribution is 0.387. The molecule has 1 aromatic carbocycles. The Bertz CT molecular complexity index is 533. The van der Waals surface area contributed by atoms with E-state index in [9.17, 15) is 13.0 Å². The molecule has 0 fully saturated rings. The minimum atomic E-state index is -4.47. The summed E-state index contributed by atoms with van der Waals surface area (Å²) in [6.45, 7) is 0. The van der Waals surface area contributed by atoms with Gasteiger partial charge in [0.05, 0.1) is 11.0 Å². The number of rotatable bonds is 2. The fourth-order valence-corrected chi connectivity index (χ4v) is 2.12. The van der Waals surface area contributed by atoms with Crippen molar-refractivity contribution in [3.05, 3.63) is 18.2 Å². The molecule has 0 bridgehead atoms. The van der Waals surface area contributed by atoms with Crippen LogP contribution in [0.15, 0.2) is 23.1 Å². The molecule has 0 heterocycles. The Morgan fingerprint density at radius 2 is 1.80 bits per heavy atom. The molecule has 0 aliphatic heterocycles. The third kappa shape index (κ3) is 2.77. The van der Waals surface area contributed by atoms with Crippen LogP contribution in [0.1, 0.15) is 0 Å². The van der Waals surface area contributed by atoms with Crippen molar-refractivity contribution in [2.24, 2.45) is 0 Å². The standard InChI is InChI=1S/C6H8NO6PS/c7-5-3-4(14(8,9)10)1-2-6(5)15(11,12)13/h1-3H,7H2,(H2,8,9,10)(H,11,12,13). The van der Waals surface area contributed by atoms with Gasteiger partial charge in [-0.15, -0.1) is 0 Å². The van der Waals surface area contributed by atoms with E-state index in [1.807, 2.05) is 0 Å². The highest BCUT2D eigenvalue weighted by Gasteiger charge is 2.21. The van der Waals surface area contributed by atoms with Crippen molar-refractivity contribution in [3.63, 3.8) is 0 Å². The van der Waals surface area contributed by atoms with Crippen LogP contribution < -0.4 is 11.0 Å². The van der Waals surface area contributed by atoms with Crippen molar-refractivity contribution in [1.82, 2.24) is 0 Å². The average Bonchev–Trinajstić information content (AvgIpc) is 1.99. The molecule has 0 amide bonds. The summed E-state index contributed by atoms with van der Waals surface area (Å²) >= 11 is 0. The molecule has 0 unspecified atom stereocenters. The van der Waals surface area contributed by atoms with E-state index in [0.29, 0.717) is 0 Å². The van der Waals surface area contributed by atoms with Crippen LogP contribution in [-0.4, -0.2) is 22.8 Å². The molecule has 0 saturated heterocycles. The molecule has 0 saturated carbocycles. The summed E-state index contributed by atoms with van der Waals surface area (Å²) in [6.07, 6.45) is 0. The third-order valence-corrected chi connectivity index (χ3v) is 3.49. The first-order valence-electron chi connectivity index (χ1n) is 3.55. The van der Waals surface area contributed by atoms with Gasteiger partial charge < -0.3 is 15.5 Å². The maximum absolute atomic E-state index is 10.8. The first kappa shape index (κ1) is 12.2. The van der Waals surface area contributed by atoms with E-state index in [2.05, 4.69) is 0 Å². The van der Waals surface area contributed by atoms with Gasteiger partial charge in [-0.1, -0.05) is 0 Å². The first-order valence-corrected chi connectivity index (χ1v) is 6.61. The van der Waals surface area contributed by atoms with E-state index < -0.39 is 33.6 Å². The predicted molar refractivity (Wildman–Crippen MR) is 52.3 cm³/mol. The molecule has 0 aromatic heterocycles. The molecule has 9 heteroatoms. The van der Waals surface area contributed by atoms with Gasteiger partial charge in [-0.2, -0.15) is 8.42 Å². The normalized spacial score (nSPS) is 12.7. The molecule has 1 rings (SSSR count). The lowest BCUT2D eigenvalue weighted by atomic mass is 10.3. The highest BCUT2D eigenvalue weighted by atomic mass is 32.2. The van der Waals surface area contributed by atoms with Gasteiger partial charge in [0.15, 0.2) is 0 Å². The molecule has 0 spiro atoms.